The second kappa shape index (κ2) is 4.24. The summed E-state index contributed by atoms with van der Waals surface area (Å²) in [4.78, 5) is 2.08. The van der Waals surface area contributed by atoms with E-state index in [1.54, 1.807) is 0 Å². The van der Waals surface area contributed by atoms with Gasteiger partial charge in [-0.3, -0.25) is 4.90 Å². The van der Waals surface area contributed by atoms with Crippen molar-refractivity contribution in [2.75, 3.05) is 7.05 Å². The predicted molar refractivity (Wildman–Crippen MR) is 50.9 cm³/mol. The van der Waals surface area contributed by atoms with E-state index in [4.69, 9.17) is 0 Å². The van der Waals surface area contributed by atoms with Gasteiger partial charge in [0.05, 0.1) is 0 Å². The van der Waals surface area contributed by atoms with Gasteiger partial charge in [0.2, 0.25) is 0 Å². The zero-order valence-corrected chi connectivity index (χ0v) is 8.45. The summed E-state index contributed by atoms with van der Waals surface area (Å²) in [7, 11) is 2.02. The molecule has 1 rings (SSSR count). The van der Waals surface area contributed by atoms with Crippen LogP contribution in [0.5, 0.6) is 0 Å². The highest BCUT2D eigenvalue weighted by Gasteiger charge is 2.40. The van der Waals surface area contributed by atoms with Gasteiger partial charge in [0.1, 0.15) is 6.23 Å². The number of aliphatic hydroxyl groups is 1. The normalized spacial score (nSPS) is 30.8. The van der Waals surface area contributed by atoms with Crippen molar-refractivity contribution in [3.63, 3.8) is 0 Å². The minimum absolute atomic E-state index is 0.276. The maximum atomic E-state index is 9.30. The van der Waals surface area contributed by atoms with Gasteiger partial charge in [-0.05, 0) is 32.7 Å². The molecule has 3 atom stereocenters. The Balaban J connectivity index is 2.14. The summed E-state index contributed by atoms with van der Waals surface area (Å²) in [6, 6.07) is 0.663. The largest absolute Gasteiger partial charge is 0.379 e. The molecule has 0 aromatic carbocycles. The van der Waals surface area contributed by atoms with Gasteiger partial charge in [-0.15, -0.1) is 0 Å². The van der Waals surface area contributed by atoms with E-state index < -0.39 is 0 Å². The van der Waals surface area contributed by atoms with Crippen molar-refractivity contribution in [3.8, 4) is 0 Å². The lowest BCUT2D eigenvalue weighted by Crippen LogP contribution is -2.31. The molecule has 1 aliphatic carbocycles. The SMILES string of the molecule is CCCCC1CC1N(C)C(C)O. The van der Waals surface area contributed by atoms with Crippen LogP contribution in [0.1, 0.15) is 39.5 Å². The Hall–Kier alpha value is -0.0800. The van der Waals surface area contributed by atoms with E-state index in [1.807, 2.05) is 14.0 Å². The quantitative estimate of drug-likeness (QED) is 0.638. The summed E-state index contributed by atoms with van der Waals surface area (Å²) in [6.07, 6.45) is 5.00. The molecule has 1 saturated carbocycles. The predicted octanol–water partition coefficient (Wildman–Crippen LogP) is 1.84. The maximum Gasteiger partial charge on any atom is 0.104 e. The topological polar surface area (TPSA) is 23.5 Å². The minimum Gasteiger partial charge on any atom is -0.379 e. The molecule has 12 heavy (non-hydrogen) atoms. The van der Waals surface area contributed by atoms with Gasteiger partial charge in [0.15, 0.2) is 0 Å². The zero-order valence-electron chi connectivity index (χ0n) is 8.45. The summed E-state index contributed by atoms with van der Waals surface area (Å²) in [6.45, 7) is 4.07. The Bertz CT molecular complexity index is 136. The first-order chi connectivity index (χ1) is 5.66. The lowest BCUT2D eigenvalue weighted by molar-refractivity contribution is 0.0289. The summed E-state index contributed by atoms with van der Waals surface area (Å²) < 4.78 is 0. The minimum atomic E-state index is -0.276. The summed E-state index contributed by atoms with van der Waals surface area (Å²) >= 11 is 0. The Morgan fingerprint density at radius 2 is 2.25 bits per heavy atom. The Labute approximate surface area is 75.6 Å². The first-order valence-electron chi connectivity index (χ1n) is 5.06. The third kappa shape index (κ3) is 2.46. The molecule has 0 aromatic rings. The molecule has 2 heteroatoms. The molecular weight excluding hydrogens is 150 g/mol. The second-order valence-corrected chi connectivity index (χ2v) is 4.00. The van der Waals surface area contributed by atoms with Crippen LogP contribution in [-0.2, 0) is 0 Å². The van der Waals surface area contributed by atoms with Gasteiger partial charge in [0, 0.05) is 6.04 Å². The molecule has 72 valence electrons. The second-order valence-electron chi connectivity index (χ2n) is 4.00. The summed E-state index contributed by atoms with van der Waals surface area (Å²) in [5.41, 5.74) is 0. The lowest BCUT2D eigenvalue weighted by Gasteiger charge is -2.19. The molecule has 1 fully saturated rings. The van der Waals surface area contributed by atoms with Crippen LogP contribution in [0.25, 0.3) is 0 Å². The average Bonchev–Trinajstić information content (AvgIpc) is 2.78. The van der Waals surface area contributed by atoms with Crippen molar-refractivity contribution in [2.24, 2.45) is 5.92 Å². The van der Waals surface area contributed by atoms with E-state index in [0.717, 1.165) is 5.92 Å². The van der Waals surface area contributed by atoms with Crippen LogP contribution < -0.4 is 0 Å². The molecule has 0 aromatic heterocycles. The van der Waals surface area contributed by atoms with Gasteiger partial charge in [-0.2, -0.15) is 0 Å². The first-order valence-corrected chi connectivity index (χ1v) is 5.06. The van der Waals surface area contributed by atoms with Gasteiger partial charge < -0.3 is 5.11 Å². The van der Waals surface area contributed by atoms with E-state index >= 15 is 0 Å². The number of unbranched alkanes of at least 4 members (excludes halogenated alkanes) is 1. The molecule has 1 aliphatic rings. The molecule has 0 radical (unpaired) electrons. The van der Waals surface area contributed by atoms with Gasteiger partial charge in [-0.25, -0.2) is 0 Å². The van der Waals surface area contributed by atoms with Crippen molar-refractivity contribution >= 4 is 0 Å². The summed E-state index contributed by atoms with van der Waals surface area (Å²) in [5, 5.41) is 9.30. The highest BCUT2D eigenvalue weighted by atomic mass is 16.3. The Morgan fingerprint density at radius 1 is 1.58 bits per heavy atom. The standard InChI is InChI=1S/C10H21NO/c1-4-5-6-9-7-10(9)11(3)8(2)12/h8-10,12H,4-7H2,1-3H3. The van der Waals surface area contributed by atoms with Gasteiger partial charge >= 0.3 is 0 Å². The molecule has 0 bridgehead atoms. The molecule has 0 amide bonds. The van der Waals surface area contributed by atoms with Crippen LogP contribution in [0.2, 0.25) is 0 Å². The average molecular weight is 171 g/mol. The van der Waals surface area contributed by atoms with Crippen LogP contribution >= 0.6 is 0 Å². The molecule has 0 aliphatic heterocycles. The van der Waals surface area contributed by atoms with Crippen molar-refractivity contribution in [2.45, 2.75) is 51.8 Å². The fraction of sp³-hybridized carbons (Fsp3) is 1.00. The smallest absolute Gasteiger partial charge is 0.104 e. The fourth-order valence-electron chi connectivity index (χ4n) is 1.78. The van der Waals surface area contributed by atoms with Crippen molar-refractivity contribution in [3.05, 3.63) is 0 Å². The van der Waals surface area contributed by atoms with Gasteiger partial charge in [0.25, 0.3) is 0 Å². The summed E-state index contributed by atoms with van der Waals surface area (Å²) in [5.74, 6) is 0.865. The molecule has 1 N–H and O–H groups in total. The molecule has 2 nitrogen and oxygen atoms in total. The number of aliphatic hydroxyl groups excluding tert-OH is 1. The highest BCUT2D eigenvalue weighted by molar-refractivity contribution is 4.93. The van der Waals surface area contributed by atoms with Crippen molar-refractivity contribution in [1.82, 2.24) is 4.90 Å². The third-order valence-electron chi connectivity index (χ3n) is 2.93. The van der Waals surface area contributed by atoms with Crippen LogP contribution in [-0.4, -0.2) is 29.3 Å². The first kappa shape index (κ1) is 10.0. The molecule has 3 unspecified atom stereocenters. The van der Waals surface area contributed by atoms with E-state index in [0.29, 0.717) is 6.04 Å². The Kier molecular flexibility index (Phi) is 3.53. The molecule has 0 heterocycles. The number of hydrogen-bond donors (Lipinski definition) is 1. The monoisotopic (exact) mass is 171 g/mol. The molecule has 0 saturated heterocycles. The van der Waals surface area contributed by atoms with Gasteiger partial charge in [-0.1, -0.05) is 19.8 Å². The van der Waals surface area contributed by atoms with Crippen LogP contribution in [0.3, 0.4) is 0 Å². The van der Waals surface area contributed by atoms with E-state index in [9.17, 15) is 5.11 Å². The van der Waals surface area contributed by atoms with Crippen LogP contribution in [0.4, 0.5) is 0 Å². The zero-order chi connectivity index (χ0) is 9.14. The maximum absolute atomic E-state index is 9.30. The van der Waals surface area contributed by atoms with E-state index in [1.165, 1.54) is 25.7 Å². The van der Waals surface area contributed by atoms with E-state index in [2.05, 4.69) is 11.8 Å². The van der Waals surface area contributed by atoms with Crippen LogP contribution in [0, 0.1) is 5.92 Å². The number of hydrogen-bond acceptors (Lipinski definition) is 2. The lowest BCUT2D eigenvalue weighted by atomic mass is 10.2. The molecular formula is C10H21NO. The van der Waals surface area contributed by atoms with Crippen molar-refractivity contribution < 1.29 is 5.11 Å². The number of rotatable bonds is 5. The fourth-order valence-corrected chi connectivity index (χ4v) is 1.78. The Morgan fingerprint density at radius 3 is 2.75 bits per heavy atom. The van der Waals surface area contributed by atoms with E-state index in [-0.39, 0.29) is 6.23 Å². The third-order valence-corrected chi connectivity index (χ3v) is 2.93. The highest BCUT2D eigenvalue weighted by Crippen LogP contribution is 2.39. The molecule has 0 spiro atoms. The van der Waals surface area contributed by atoms with Crippen LogP contribution in [0.15, 0.2) is 0 Å². The number of nitrogens with zero attached hydrogens (tertiary/aromatic N) is 1. The van der Waals surface area contributed by atoms with Crippen molar-refractivity contribution in [1.29, 1.82) is 0 Å².